The zero-order valence-electron chi connectivity index (χ0n) is 12.0. The molecule has 2 heterocycles. The molecule has 1 aromatic heterocycles. The van der Waals surface area contributed by atoms with Crippen molar-refractivity contribution in [2.24, 2.45) is 0 Å². The minimum absolute atomic E-state index is 0. The number of halogens is 2. The number of carbonyl (C=O) groups excluding carboxylic acids is 1. The molecule has 1 aromatic carbocycles. The van der Waals surface area contributed by atoms with E-state index in [1.807, 2.05) is 30.3 Å². The van der Waals surface area contributed by atoms with Gasteiger partial charge in [0.05, 0.1) is 6.20 Å². The summed E-state index contributed by atoms with van der Waals surface area (Å²) in [7, 11) is 0. The zero-order valence-corrected chi connectivity index (χ0v) is 14.4. The number of hydrogen-bond acceptors (Lipinski definition) is 4. The number of aromatic nitrogens is 1. The Bertz CT molecular complexity index is 585. The van der Waals surface area contributed by atoms with E-state index < -0.39 is 0 Å². The van der Waals surface area contributed by atoms with Crippen LogP contribution in [0, 0.1) is 0 Å². The van der Waals surface area contributed by atoms with Gasteiger partial charge < -0.3 is 10.6 Å². The number of carbonyl (C=O) groups is 1. The molecule has 0 radical (unpaired) electrons. The number of nitrogens with one attached hydrogen (secondary N) is 2. The van der Waals surface area contributed by atoms with Crippen LogP contribution in [0.5, 0.6) is 0 Å². The highest BCUT2D eigenvalue weighted by atomic mass is 35.5. The number of hydrogen-bond donors (Lipinski definition) is 2. The van der Waals surface area contributed by atoms with Gasteiger partial charge in [-0.15, -0.1) is 36.2 Å². The minimum atomic E-state index is -0.0154. The third-order valence-corrected chi connectivity index (χ3v) is 4.43. The Labute approximate surface area is 146 Å². The summed E-state index contributed by atoms with van der Waals surface area (Å²) in [4.78, 5) is 17.2. The molecular formula is C15H19Cl2N3OS. The van der Waals surface area contributed by atoms with Gasteiger partial charge in [-0.3, -0.25) is 4.79 Å². The number of nitrogens with zero attached hydrogens (tertiary/aromatic N) is 1. The predicted molar refractivity (Wildman–Crippen MR) is 95.4 cm³/mol. The number of piperidine rings is 1. The zero-order chi connectivity index (χ0) is 13.8. The number of rotatable bonds is 3. The van der Waals surface area contributed by atoms with E-state index in [0.29, 0.717) is 4.88 Å². The summed E-state index contributed by atoms with van der Waals surface area (Å²) in [6, 6.07) is 10.2. The van der Waals surface area contributed by atoms with Crippen molar-refractivity contribution in [3.8, 4) is 10.6 Å². The Hall–Kier alpha value is -1.14. The first-order valence-electron chi connectivity index (χ1n) is 6.86. The van der Waals surface area contributed by atoms with E-state index >= 15 is 0 Å². The average molecular weight is 360 g/mol. The summed E-state index contributed by atoms with van der Waals surface area (Å²) in [6.45, 7) is 1.90. The van der Waals surface area contributed by atoms with Crippen molar-refractivity contribution in [2.75, 3.05) is 13.1 Å². The molecule has 1 aliphatic rings. The predicted octanol–water partition coefficient (Wildman–Crippen LogP) is 3.14. The molecule has 1 atom stereocenters. The fraction of sp³-hybridized carbons (Fsp3) is 0.333. The first kappa shape index (κ1) is 18.9. The van der Waals surface area contributed by atoms with E-state index in [4.69, 9.17) is 0 Å². The highest BCUT2D eigenvalue weighted by Gasteiger charge is 2.18. The minimum Gasteiger partial charge on any atom is -0.347 e. The monoisotopic (exact) mass is 359 g/mol. The van der Waals surface area contributed by atoms with Gasteiger partial charge in [0.1, 0.15) is 9.88 Å². The van der Waals surface area contributed by atoms with Gasteiger partial charge in [0, 0.05) is 18.2 Å². The van der Waals surface area contributed by atoms with Gasteiger partial charge in [-0.05, 0) is 19.4 Å². The van der Waals surface area contributed by atoms with Crippen molar-refractivity contribution in [1.29, 1.82) is 0 Å². The Morgan fingerprint density at radius 3 is 2.73 bits per heavy atom. The fourth-order valence-electron chi connectivity index (χ4n) is 2.32. The van der Waals surface area contributed by atoms with Gasteiger partial charge in [-0.25, -0.2) is 4.98 Å². The first-order chi connectivity index (χ1) is 9.83. The van der Waals surface area contributed by atoms with Crippen LogP contribution in [-0.2, 0) is 0 Å². The topological polar surface area (TPSA) is 54.0 Å². The van der Waals surface area contributed by atoms with E-state index in [2.05, 4.69) is 15.6 Å². The molecule has 1 aliphatic heterocycles. The second-order valence-corrected chi connectivity index (χ2v) is 5.94. The van der Waals surface area contributed by atoms with Crippen LogP contribution in [-0.4, -0.2) is 30.0 Å². The Kier molecular flexibility index (Phi) is 7.82. The lowest BCUT2D eigenvalue weighted by Crippen LogP contribution is -2.45. The molecule has 0 spiro atoms. The molecule has 0 aliphatic carbocycles. The van der Waals surface area contributed by atoms with E-state index in [1.54, 1.807) is 6.20 Å². The van der Waals surface area contributed by atoms with Crippen molar-refractivity contribution in [1.82, 2.24) is 15.6 Å². The average Bonchev–Trinajstić information content (AvgIpc) is 2.99. The molecule has 2 aromatic rings. The second kappa shape index (κ2) is 9.10. The van der Waals surface area contributed by atoms with Crippen LogP contribution in [0.3, 0.4) is 0 Å². The molecule has 0 saturated carbocycles. The lowest BCUT2D eigenvalue weighted by atomic mass is 10.1. The molecule has 1 saturated heterocycles. The Morgan fingerprint density at radius 2 is 2.05 bits per heavy atom. The second-order valence-electron chi connectivity index (χ2n) is 4.91. The van der Waals surface area contributed by atoms with Crippen molar-refractivity contribution in [3.63, 3.8) is 0 Å². The van der Waals surface area contributed by atoms with Gasteiger partial charge in [0.2, 0.25) is 0 Å². The largest absolute Gasteiger partial charge is 0.347 e. The molecule has 3 rings (SSSR count). The van der Waals surface area contributed by atoms with Crippen LogP contribution in [0.2, 0.25) is 0 Å². The number of amides is 1. The molecule has 1 amide bonds. The maximum Gasteiger partial charge on any atom is 0.263 e. The summed E-state index contributed by atoms with van der Waals surface area (Å²) in [5.41, 5.74) is 1.05. The third kappa shape index (κ3) is 4.68. The van der Waals surface area contributed by atoms with E-state index in [1.165, 1.54) is 11.3 Å². The van der Waals surface area contributed by atoms with E-state index in [-0.39, 0.29) is 36.8 Å². The fourth-order valence-corrected chi connectivity index (χ4v) is 3.15. The highest BCUT2D eigenvalue weighted by molar-refractivity contribution is 7.16. The normalized spacial score (nSPS) is 17.0. The summed E-state index contributed by atoms with van der Waals surface area (Å²) in [6.07, 6.45) is 3.82. The maximum atomic E-state index is 12.2. The molecule has 22 heavy (non-hydrogen) atoms. The summed E-state index contributed by atoms with van der Waals surface area (Å²) in [5, 5.41) is 7.25. The van der Waals surface area contributed by atoms with Crippen molar-refractivity contribution in [3.05, 3.63) is 41.4 Å². The van der Waals surface area contributed by atoms with Crippen LogP contribution in [0.1, 0.15) is 22.5 Å². The lowest BCUT2D eigenvalue weighted by Gasteiger charge is -2.23. The third-order valence-electron chi connectivity index (χ3n) is 3.38. The molecule has 0 unspecified atom stereocenters. The maximum absolute atomic E-state index is 12.2. The number of benzene rings is 1. The van der Waals surface area contributed by atoms with Gasteiger partial charge in [0.15, 0.2) is 0 Å². The van der Waals surface area contributed by atoms with Crippen LogP contribution >= 0.6 is 36.2 Å². The molecular weight excluding hydrogens is 341 g/mol. The van der Waals surface area contributed by atoms with Crippen LogP contribution in [0.4, 0.5) is 0 Å². The van der Waals surface area contributed by atoms with Crippen molar-refractivity contribution in [2.45, 2.75) is 18.9 Å². The summed E-state index contributed by atoms with van der Waals surface area (Å²) >= 11 is 1.44. The molecule has 2 N–H and O–H groups in total. The highest BCUT2D eigenvalue weighted by Crippen LogP contribution is 2.24. The lowest BCUT2D eigenvalue weighted by molar-refractivity contribution is 0.0934. The van der Waals surface area contributed by atoms with Gasteiger partial charge in [-0.2, -0.15) is 0 Å². The molecule has 0 bridgehead atoms. The first-order valence-corrected chi connectivity index (χ1v) is 7.67. The Balaban J connectivity index is 0.00000121. The van der Waals surface area contributed by atoms with E-state index in [9.17, 15) is 4.79 Å². The molecule has 1 fully saturated rings. The van der Waals surface area contributed by atoms with Crippen LogP contribution in [0.25, 0.3) is 10.6 Å². The van der Waals surface area contributed by atoms with Gasteiger partial charge in [0.25, 0.3) is 5.91 Å². The van der Waals surface area contributed by atoms with E-state index in [0.717, 1.165) is 36.5 Å². The summed E-state index contributed by atoms with van der Waals surface area (Å²) < 4.78 is 0. The van der Waals surface area contributed by atoms with Crippen molar-refractivity contribution < 1.29 is 4.79 Å². The summed E-state index contributed by atoms with van der Waals surface area (Å²) in [5.74, 6) is -0.0154. The quantitative estimate of drug-likeness (QED) is 0.884. The van der Waals surface area contributed by atoms with Crippen molar-refractivity contribution >= 4 is 42.1 Å². The molecule has 4 nitrogen and oxygen atoms in total. The Morgan fingerprint density at radius 1 is 1.27 bits per heavy atom. The van der Waals surface area contributed by atoms with Crippen LogP contribution < -0.4 is 10.6 Å². The van der Waals surface area contributed by atoms with Gasteiger partial charge in [-0.1, -0.05) is 30.3 Å². The smallest absolute Gasteiger partial charge is 0.263 e. The molecule has 7 heteroatoms. The SMILES string of the molecule is Cl.Cl.O=C(N[C@H]1CCCNC1)c1cnc(-c2ccccc2)s1. The number of thiazole rings is 1. The van der Waals surface area contributed by atoms with Gasteiger partial charge >= 0.3 is 0 Å². The standard InChI is InChI=1S/C15H17N3OS.2ClH/c19-14(18-12-7-4-8-16-9-12)13-10-17-15(20-13)11-5-2-1-3-6-11;;/h1-3,5-6,10,12,16H,4,7-9H2,(H,18,19);2*1H/t12-;;/m0../s1. The molecule has 120 valence electrons. The van der Waals surface area contributed by atoms with Crippen LogP contribution in [0.15, 0.2) is 36.5 Å².